The molecule has 126 valence electrons. The Bertz CT molecular complexity index is 685. The summed E-state index contributed by atoms with van der Waals surface area (Å²) >= 11 is 0. The van der Waals surface area contributed by atoms with Crippen molar-refractivity contribution in [2.75, 3.05) is 13.1 Å². The van der Waals surface area contributed by atoms with Crippen LogP contribution in [0, 0.1) is 0 Å². The zero-order valence-electron chi connectivity index (χ0n) is 14.1. The zero-order valence-corrected chi connectivity index (χ0v) is 14.1. The average Bonchev–Trinajstić information content (AvgIpc) is 2.64. The molecule has 0 fully saturated rings. The fourth-order valence-electron chi connectivity index (χ4n) is 2.95. The lowest BCUT2D eigenvalue weighted by atomic mass is 9.97. The number of nitrogens with one attached hydrogen (secondary N) is 1. The van der Waals surface area contributed by atoms with Crippen LogP contribution in [0.5, 0.6) is 0 Å². The van der Waals surface area contributed by atoms with Crippen molar-refractivity contribution >= 4 is 6.09 Å². The number of hydrogen-bond acceptors (Lipinski definition) is 3. The highest BCUT2D eigenvalue weighted by Crippen LogP contribution is 2.21. The van der Waals surface area contributed by atoms with E-state index >= 15 is 0 Å². The van der Waals surface area contributed by atoms with Crippen LogP contribution >= 0.6 is 0 Å². The van der Waals surface area contributed by atoms with Crippen molar-refractivity contribution in [3.63, 3.8) is 0 Å². The van der Waals surface area contributed by atoms with E-state index < -0.39 is 0 Å². The largest absolute Gasteiger partial charge is 0.445 e. The van der Waals surface area contributed by atoms with Gasteiger partial charge in [-0.05, 0) is 35.2 Å². The van der Waals surface area contributed by atoms with Gasteiger partial charge in [-0.3, -0.25) is 0 Å². The summed E-state index contributed by atoms with van der Waals surface area (Å²) in [7, 11) is 0. The summed E-state index contributed by atoms with van der Waals surface area (Å²) in [5, 5.41) is 3.35. The molecular weight excluding hydrogens is 300 g/mol. The van der Waals surface area contributed by atoms with Crippen LogP contribution in [0.1, 0.15) is 29.2 Å². The quantitative estimate of drug-likeness (QED) is 0.915. The number of hydrogen-bond donors (Lipinski definition) is 1. The Hall–Kier alpha value is -2.33. The number of amides is 1. The minimum absolute atomic E-state index is 0.235. The Balaban J connectivity index is 1.57. The monoisotopic (exact) mass is 324 g/mol. The molecule has 4 heteroatoms. The number of fused-ring (bicyclic) bond motifs is 1. The van der Waals surface area contributed by atoms with Crippen molar-refractivity contribution in [1.29, 1.82) is 0 Å². The second-order valence-corrected chi connectivity index (χ2v) is 6.10. The van der Waals surface area contributed by atoms with E-state index in [1.54, 1.807) is 4.90 Å². The SMILES string of the molecule is CCNCc1ccc2c(c1)CCN(C(=O)OCc1ccccc1)C2. The third-order valence-electron chi connectivity index (χ3n) is 4.33. The zero-order chi connectivity index (χ0) is 16.8. The molecule has 0 spiro atoms. The summed E-state index contributed by atoms with van der Waals surface area (Å²) in [6.07, 6.45) is 0.650. The van der Waals surface area contributed by atoms with Crippen LogP contribution in [-0.4, -0.2) is 24.1 Å². The minimum Gasteiger partial charge on any atom is -0.445 e. The maximum Gasteiger partial charge on any atom is 0.410 e. The minimum atomic E-state index is -0.235. The maximum atomic E-state index is 12.3. The van der Waals surface area contributed by atoms with E-state index in [0.717, 1.165) is 25.1 Å². The topological polar surface area (TPSA) is 41.6 Å². The normalized spacial score (nSPS) is 13.5. The van der Waals surface area contributed by atoms with E-state index in [4.69, 9.17) is 4.74 Å². The molecule has 1 aliphatic rings. The molecule has 1 amide bonds. The van der Waals surface area contributed by atoms with Crippen LogP contribution in [-0.2, 0) is 30.9 Å². The van der Waals surface area contributed by atoms with E-state index in [1.807, 2.05) is 30.3 Å². The van der Waals surface area contributed by atoms with Gasteiger partial charge >= 0.3 is 6.09 Å². The molecule has 24 heavy (non-hydrogen) atoms. The van der Waals surface area contributed by atoms with Crippen LogP contribution in [0.4, 0.5) is 4.79 Å². The molecule has 0 radical (unpaired) electrons. The van der Waals surface area contributed by atoms with E-state index in [-0.39, 0.29) is 6.09 Å². The number of carbonyl (C=O) groups is 1. The summed E-state index contributed by atoms with van der Waals surface area (Å²) in [4.78, 5) is 14.1. The van der Waals surface area contributed by atoms with Gasteiger partial charge in [0.2, 0.25) is 0 Å². The van der Waals surface area contributed by atoms with Crippen molar-refractivity contribution in [1.82, 2.24) is 10.2 Å². The van der Waals surface area contributed by atoms with Crippen LogP contribution < -0.4 is 5.32 Å². The standard InChI is InChI=1S/C20H24N2O2/c1-2-21-13-17-8-9-19-14-22(11-10-18(19)12-17)20(23)24-15-16-6-4-3-5-7-16/h3-9,12,21H,2,10-11,13-15H2,1H3. The molecule has 4 nitrogen and oxygen atoms in total. The Morgan fingerprint density at radius 1 is 1.12 bits per heavy atom. The third kappa shape index (κ3) is 4.15. The molecule has 0 atom stereocenters. The van der Waals surface area contributed by atoms with Crippen LogP contribution in [0.15, 0.2) is 48.5 Å². The van der Waals surface area contributed by atoms with Crippen molar-refractivity contribution in [3.05, 3.63) is 70.8 Å². The summed E-state index contributed by atoms with van der Waals surface area (Å²) in [6.45, 7) is 5.64. The maximum absolute atomic E-state index is 12.3. The van der Waals surface area contributed by atoms with Crippen molar-refractivity contribution in [2.24, 2.45) is 0 Å². The van der Waals surface area contributed by atoms with E-state index in [9.17, 15) is 4.79 Å². The lowest BCUT2D eigenvalue weighted by Gasteiger charge is -2.28. The summed E-state index contributed by atoms with van der Waals surface area (Å²) in [5.74, 6) is 0. The summed E-state index contributed by atoms with van der Waals surface area (Å²) in [5.41, 5.74) is 4.88. The molecule has 0 unspecified atom stereocenters. The number of carbonyl (C=O) groups excluding carboxylic acids is 1. The molecular formula is C20H24N2O2. The van der Waals surface area contributed by atoms with Gasteiger partial charge in [0.25, 0.3) is 0 Å². The highest BCUT2D eigenvalue weighted by Gasteiger charge is 2.21. The van der Waals surface area contributed by atoms with Crippen LogP contribution in [0.2, 0.25) is 0 Å². The van der Waals surface area contributed by atoms with Gasteiger partial charge in [-0.25, -0.2) is 4.79 Å². The van der Waals surface area contributed by atoms with Gasteiger partial charge in [0.15, 0.2) is 0 Å². The van der Waals surface area contributed by atoms with Crippen molar-refractivity contribution in [3.8, 4) is 0 Å². The molecule has 1 N–H and O–H groups in total. The molecule has 2 aromatic carbocycles. The molecule has 0 aromatic heterocycles. The van der Waals surface area contributed by atoms with Crippen molar-refractivity contribution < 1.29 is 9.53 Å². The van der Waals surface area contributed by atoms with E-state index in [0.29, 0.717) is 19.7 Å². The van der Waals surface area contributed by atoms with Crippen LogP contribution in [0.25, 0.3) is 0 Å². The smallest absolute Gasteiger partial charge is 0.410 e. The highest BCUT2D eigenvalue weighted by atomic mass is 16.6. The van der Waals surface area contributed by atoms with Crippen LogP contribution in [0.3, 0.4) is 0 Å². The Morgan fingerprint density at radius 3 is 2.75 bits per heavy atom. The Kier molecular flexibility index (Phi) is 5.49. The first-order valence-electron chi connectivity index (χ1n) is 8.53. The number of benzene rings is 2. The van der Waals surface area contributed by atoms with E-state index in [2.05, 4.69) is 30.4 Å². The number of nitrogens with zero attached hydrogens (tertiary/aromatic N) is 1. The molecule has 1 heterocycles. The molecule has 0 saturated heterocycles. The Labute approximate surface area is 143 Å². The fraction of sp³-hybridized carbons (Fsp3) is 0.350. The van der Waals surface area contributed by atoms with Gasteiger partial charge in [0.05, 0.1) is 0 Å². The molecule has 0 bridgehead atoms. The van der Waals surface area contributed by atoms with Crippen molar-refractivity contribution in [2.45, 2.75) is 33.0 Å². The molecule has 1 aliphatic heterocycles. The second kappa shape index (κ2) is 7.97. The Morgan fingerprint density at radius 2 is 1.96 bits per heavy atom. The predicted octanol–water partition coefficient (Wildman–Crippen LogP) is 3.49. The van der Waals surface area contributed by atoms with Gasteiger partial charge in [0, 0.05) is 19.6 Å². The van der Waals surface area contributed by atoms with Gasteiger partial charge in [0.1, 0.15) is 6.61 Å². The molecule has 2 aromatic rings. The second-order valence-electron chi connectivity index (χ2n) is 6.10. The van der Waals surface area contributed by atoms with Gasteiger partial charge in [-0.1, -0.05) is 55.5 Å². The summed E-state index contributed by atoms with van der Waals surface area (Å²) in [6, 6.07) is 16.3. The first kappa shape index (κ1) is 16.5. The average molecular weight is 324 g/mol. The highest BCUT2D eigenvalue weighted by molar-refractivity contribution is 5.68. The van der Waals surface area contributed by atoms with Gasteiger partial charge < -0.3 is 15.0 Å². The summed E-state index contributed by atoms with van der Waals surface area (Å²) < 4.78 is 5.44. The fourth-order valence-corrected chi connectivity index (χ4v) is 2.95. The predicted molar refractivity (Wildman–Crippen MR) is 94.6 cm³/mol. The third-order valence-corrected chi connectivity index (χ3v) is 4.33. The van der Waals surface area contributed by atoms with Gasteiger partial charge in [-0.15, -0.1) is 0 Å². The first-order valence-corrected chi connectivity index (χ1v) is 8.53. The lowest BCUT2D eigenvalue weighted by molar-refractivity contribution is 0.0918. The lowest BCUT2D eigenvalue weighted by Crippen LogP contribution is -2.36. The number of rotatable bonds is 5. The molecule has 0 aliphatic carbocycles. The first-order chi connectivity index (χ1) is 11.8. The number of ether oxygens (including phenoxy) is 1. The van der Waals surface area contributed by atoms with E-state index in [1.165, 1.54) is 16.7 Å². The molecule has 0 saturated carbocycles. The molecule has 3 rings (SSSR count). The van der Waals surface area contributed by atoms with Gasteiger partial charge in [-0.2, -0.15) is 0 Å².